The van der Waals surface area contributed by atoms with Gasteiger partial charge in [-0.25, -0.2) is 4.79 Å². The second-order valence-corrected chi connectivity index (χ2v) is 6.32. The standard InChI is InChI=1S/C20H19F3N2O8/c1-4-31-17-10-15(25(28)29)14(9-16(17)30-3)19(27)32-11(2)18(26)24-12-5-7-13(8-6-12)33-20(21,22)23/h5-11H,4H2,1-3H3,(H,24,26). The van der Waals surface area contributed by atoms with Gasteiger partial charge in [-0.05, 0) is 38.1 Å². The molecule has 2 rings (SSSR count). The maximum absolute atomic E-state index is 12.5. The monoisotopic (exact) mass is 472 g/mol. The fourth-order valence-electron chi connectivity index (χ4n) is 2.55. The molecule has 0 aliphatic heterocycles. The first kappa shape index (κ1) is 25.2. The number of ether oxygens (including phenoxy) is 4. The molecule has 0 bridgehead atoms. The number of hydrogen-bond donors (Lipinski definition) is 1. The van der Waals surface area contributed by atoms with E-state index >= 15 is 0 Å². The van der Waals surface area contributed by atoms with Crippen molar-refractivity contribution < 1.29 is 46.6 Å². The zero-order chi connectivity index (χ0) is 24.8. The van der Waals surface area contributed by atoms with Crippen LogP contribution >= 0.6 is 0 Å². The molecule has 0 heterocycles. The summed E-state index contributed by atoms with van der Waals surface area (Å²) in [6.45, 7) is 3.06. The Morgan fingerprint density at radius 2 is 1.79 bits per heavy atom. The van der Waals surface area contributed by atoms with Gasteiger partial charge in [-0.1, -0.05) is 0 Å². The third kappa shape index (κ3) is 6.98. The Morgan fingerprint density at radius 1 is 1.15 bits per heavy atom. The zero-order valence-electron chi connectivity index (χ0n) is 17.6. The molecule has 0 aliphatic carbocycles. The van der Waals surface area contributed by atoms with Crippen molar-refractivity contribution >= 4 is 23.3 Å². The maximum atomic E-state index is 12.5. The topological polar surface area (TPSA) is 126 Å². The van der Waals surface area contributed by atoms with Crippen molar-refractivity contribution in [2.75, 3.05) is 19.0 Å². The molecule has 0 fully saturated rings. The lowest BCUT2D eigenvalue weighted by Crippen LogP contribution is -2.30. The van der Waals surface area contributed by atoms with E-state index in [1.54, 1.807) is 6.92 Å². The Kier molecular flexibility index (Phi) is 8.05. The summed E-state index contributed by atoms with van der Waals surface area (Å²) in [4.78, 5) is 35.4. The summed E-state index contributed by atoms with van der Waals surface area (Å²) in [5.41, 5.74) is -0.975. The lowest BCUT2D eigenvalue weighted by molar-refractivity contribution is -0.385. The number of anilines is 1. The fraction of sp³-hybridized carbons (Fsp3) is 0.300. The number of carbonyl (C=O) groups excluding carboxylic acids is 2. The smallest absolute Gasteiger partial charge is 0.493 e. The number of halogens is 3. The Bertz CT molecular complexity index is 1030. The molecule has 33 heavy (non-hydrogen) atoms. The molecule has 1 N–H and O–H groups in total. The minimum absolute atomic E-state index is 0.0481. The molecule has 2 aromatic rings. The molecule has 0 saturated heterocycles. The number of alkyl halides is 3. The number of rotatable bonds is 9. The van der Waals surface area contributed by atoms with Crippen molar-refractivity contribution in [1.29, 1.82) is 0 Å². The molecule has 0 spiro atoms. The highest BCUT2D eigenvalue weighted by atomic mass is 19.4. The van der Waals surface area contributed by atoms with Gasteiger partial charge in [0.2, 0.25) is 0 Å². The molecule has 0 aromatic heterocycles. The number of benzene rings is 2. The SMILES string of the molecule is CCOc1cc([N+](=O)[O-])c(C(=O)OC(C)C(=O)Nc2ccc(OC(F)(F)F)cc2)cc1OC. The van der Waals surface area contributed by atoms with Crippen LogP contribution in [0.2, 0.25) is 0 Å². The van der Waals surface area contributed by atoms with E-state index in [0.29, 0.717) is 0 Å². The number of nitro benzene ring substituents is 1. The Hall–Kier alpha value is -4.03. The summed E-state index contributed by atoms with van der Waals surface area (Å²) in [6.07, 6.45) is -6.26. The van der Waals surface area contributed by atoms with E-state index in [-0.39, 0.29) is 23.8 Å². The number of methoxy groups -OCH3 is 1. The molecule has 0 saturated carbocycles. The van der Waals surface area contributed by atoms with Gasteiger partial charge in [-0.15, -0.1) is 13.2 Å². The zero-order valence-corrected chi connectivity index (χ0v) is 17.6. The van der Waals surface area contributed by atoms with Gasteiger partial charge in [0, 0.05) is 11.8 Å². The molecule has 1 atom stereocenters. The number of nitrogens with one attached hydrogen (secondary N) is 1. The average molecular weight is 472 g/mol. The minimum Gasteiger partial charge on any atom is -0.493 e. The molecular formula is C20H19F3N2O8. The Labute approximate surface area is 185 Å². The summed E-state index contributed by atoms with van der Waals surface area (Å²) in [5, 5.41) is 13.7. The molecule has 1 unspecified atom stereocenters. The number of esters is 1. The Morgan fingerprint density at radius 3 is 2.30 bits per heavy atom. The van der Waals surface area contributed by atoms with Gasteiger partial charge in [-0.2, -0.15) is 0 Å². The van der Waals surface area contributed by atoms with Gasteiger partial charge < -0.3 is 24.3 Å². The first-order valence-corrected chi connectivity index (χ1v) is 9.32. The van der Waals surface area contributed by atoms with Crippen LogP contribution in [0, 0.1) is 10.1 Å². The van der Waals surface area contributed by atoms with Crippen molar-refractivity contribution in [1.82, 2.24) is 0 Å². The minimum atomic E-state index is -4.86. The van der Waals surface area contributed by atoms with Crippen molar-refractivity contribution in [3.05, 3.63) is 52.1 Å². The lowest BCUT2D eigenvalue weighted by Gasteiger charge is -2.15. The summed E-state index contributed by atoms with van der Waals surface area (Å²) >= 11 is 0. The van der Waals surface area contributed by atoms with Crippen molar-refractivity contribution in [3.8, 4) is 17.2 Å². The lowest BCUT2D eigenvalue weighted by atomic mass is 10.1. The van der Waals surface area contributed by atoms with Gasteiger partial charge >= 0.3 is 12.3 Å². The summed E-state index contributed by atoms with van der Waals surface area (Å²) in [6, 6.07) is 6.33. The molecule has 0 radical (unpaired) electrons. The molecule has 2 aromatic carbocycles. The number of nitrogens with zero attached hydrogens (tertiary/aromatic N) is 1. The summed E-state index contributed by atoms with van der Waals surface area (Å²) < 4.78 is 55.7. The van der Waals surface area contributed by atoms with Gasteiger partial charge in [-0.3, -0.25) is 14.9 Å². The summed E-state index contributed by atoms with van der Waals surface area (Å²) in [5.74, 6) is -2.38. The predicted molar refractivity (Wildman–Crippen MR) is 107 cm³/mol. The molecule has 0 aliphatic rings. The maximum Gasteiger partial charge on any atom is 0.573 e. The van der Waals surface area contributed by atoms with Crippen LogP contribution in [-0.4, -0.2) is 43.0 Å². The second kappa shape index (κ2) is 10.5. The molecule has 1 amide bonds. The van der Waals surface area contributed by atoms with E-state index in [9.17, 15) is 32.9 Å². The van der Waals surface area contributed by atoms with E-state index in [1.807, 2.05) is 0 Å². The third-order valence-electron chi connectivity index (χ3n) is 4.01. The number of hydrogen-bond acceptors (Lipinski definition) is 8. The molecule has 13 heteroatoms. The molecular weight excluding hydrogens is 453 g/mol. The van der Waals surface area contributed by atoms with E-state index in [4.69, 9.17) is 14.2 Å². The van der Waals surface area contributed by atoms with Crippen molar-refractivity contribution in [3.63, 3.8) is 0 Å². The van der Waals surface area contributed by atoms with Crippen molar-refractivity contribution in [2.24, 2.45) is 0 Å². The third-order valence-corrected chi connectivity index (χ3v) is 4.01. The van der Waals surface area contributed by atoms with Gasteiger partial charge in [0.05, 0.1) is 24.7 Å². The fourth-order valence-corrected chi connectivity index (χ4v) is 2.55. The molecule has 178 valence electrons. The highest BCUT2D eigenvalue weighted by molar-refractivity contribution is 5.99. The van der Waals surface area contributed by atoms with Crippen LogP contribution in [0.4, 0.5) is 24.5 Å². The molecule has 10 nitrogen and oxygen atoms in total. The van der Waals surface area contributed by atoms with E-state index in [0.717, 1.165) is 36.4 Å². The normalized spacial score (nSPS) is 11.8. The quantitative estimate of drug-likeness (QED) is 0.329. The number of nitro groups is 1. The van der Waals surface area contributed by atoms with Gasteiger partial charge in [0.1, 0.15) is 11.3 Å². The van der Waals surface area contributed by atoms with Crippen LogP contribution in [0.3, 0.4) is 0 Å². The highest BCUT2D eigenvalue weighted by Gasteiger charge is 2.31. The summed E-state index contributed by atoms with van der Waals surface area (Å²) in [7, 11) is 1.28. The number of carbonyl (C=O) groups is 2. The first-order valence-electron chi connectivity index (χ1n) is 9.32. The second-order valence-electron chi connectivity index (χ2n) is 6.32. The van der Waals surface area contributed by atoms with E-state index in [1.165, 1.54) is 14.0 Å². The van der Waals surface area contributed by atoms with E-state index < -0.39 is 46.3 Å². The highest BCUT2D eigenvalue weighted by Crippen LogP contribution is 2.35. The Balaban J connectivity index is 2.13. The van der Waals surface area contributed by atoms with Crippen LogP contribution in [-0.2, 0) is 9.53 Å². The van der Waals surface area contributed by atoms with Crippen LogP contribution in [0.15, 0.2) is 36.4 Å². The van der Waals surface area contributed by atoms with Crippen LogP contribution in [0.1, 0.15) is 24.2 Å². The van der Waals surface area contributed by atoms with Crippen molar-refractivity contribution in [2.45, 2.75) is 26.3 Å². The number of amides is 1. The first-order chi connectivity index (χ1) is 15.4. The van der Waals surface area contributed by atoms with Gasteiger partial charge in [0.25, 0.3) is 11.6 Å². The van der Waals surface area contributed by atoms with Crippen LogP contribution in [0.5, 0.6) is 17.2 Å². The van der Waals surface area contributed by atoms with Crippen LogP contribution in [0.25, 0.3) is 0 Å². The largest absolute Gasteiger partial charge is 0.573 e. The average Bonchev–Trinajstić information content (AvgIpc) is 2.73. The van der Waals surface area contributed by atoms with E-state index in [2.05, 4.69) is 10.1 Å². The predicted octanol–water partition coefficient (Wildman–Crippen LogP) is 4.08. The van der Waals surface area contributed by atoms with Crippen LogP contribution < -0.4 is 19.5 Å². The van der Waals surface area contributed by atoms with Gasteiger partial charge in [0.15, 0.2) is 17.6 Å².